The summed E-state index contributed by atoms with van der Waals surface area (Å²) in [7, 11) is 0. The van der Waals surface area contributed by atoms with Gasteiger partial charge in [-0.3, -0.25) is 4.79 Å². The second kappa shape index (κ2) is 7.12. The summed E-state index contributed by atoms with van der Waals surface area (Å²) in [6.45, 7) is 0. The smallest absolute Gasteiger partial charge is 0.316 e. The lowest BCUT2D eigenvalue weighted by Gasteiger charge is -2.30. The molecule has 0 radical (unpaired) electrons. The van der Waals surface area contributed by atoms with Gasteiger partial charge in [0.2, 0.25) is 0 Å². The van der Waals surface area contributed by atoms with Crippen molar-refractivity contribution in [1.82, 2.24) is 0 Å². The maximum atomic E-state index is 12.3. The Morgan fingerprint density at radius 2 is 1.12 bits per heavy atom. The zero-order valence-electron chi connectivity index (χ0n) is 12.9. The highest BCUT2D eigenvalue weighted by atomic mass is 32.4. The van der Waals surface area contributed by atoms with Crippen molar-refractivity contribution >= 4 is 34.4 Å². The van der Waals surface area contributed by atoms with Gasteiger partial charge in [-0.2, -0.15) is 0 Å². The van der Waals surface area contributed by atoms with Crippen LogP contribution in [0.1, 0.15) is 11.2 Å². The lowest BCUT2D eigenvalue weighted by molar-refractivity contribution is -0.136. The summed E-state index contributed by atoms with van der Waals surface area (Å²) >= 11 is 6.14. The van der Waals surface area contributed by atoms with E-state index >= 15 is 0 Å². The van der Waals surface area contributed by atoms with E-state index in [4.69, 9.17) is 11.8 Å². The second-order valence-corrected chi connectivity index (χ2v) is 10.1. The summed E-state index contributed by atoms with van der Waals surface area (Å²) in [6.07, 6.45) is 0. The van der Waals surface area contributed by atoms with E-state index in [0.29, 0.717) is 0 Å². The molecule has 120 valence electrons. The standard InChI is InChI=1S/C20H17O2PS/c21-20(22)19(16-10-4-1-5-11-16)23(24,17-12-6-2-7-13-17)18-14-8-3-9-15-18/h1-15,19H,(H,21,22). The average Bonchev–Trinajstić information content (AvgIpc) is 2.64. The molecule has 3 aromatic rings. The van der Waals surface area contributed by atoms with E-state index in [-0.39, 0.29) is 0 Å². The molecule has 0 spiro atoms. The van der Waals surface area contributed by atoms with Gasteiger partial charge < -0.3 is 5.11 Å². The molecule has 1 N–H and O–H groups in total. The molecule has 1 unspecified atom stereocenters. The molecule has 2 nitrogen and oxygen atoms in total. The summed E-state index contributed by atoms with van der Waals surface area (Å²) in [5, 5.41) is 11.9. The maximum absolute atomic E-state index is 12.3. The molecular formula is C20H17O2PS. The molecule has 0 amide bonds. The van der Waals surface area contributed by atoms with Gasteiger partial charge in [-0.1, -0.05) is 103 Å². The highest BCUT2D eigenvalue weighted by Crippen LogP contribution is 2.57. The van der Waals surface area contributed by atoms with E-state index in [1.807, 2.05) is 91.0 Å². The van der Waals surface area contributed by atoms with Crippen LogP contribution in [0.2, 0.25) is 0 Å². The summed E-state index contributed by atoms with van der Waals surface area (Å²) < 4.78 is 0. The zero-order valence-corrected chi connectivity index (χ0v) is 14.7. The fourth-order valence-electron chi connectivity index (χ4n) is 2.89. The van der Waals surface area contributed by atoms with Crippen LogP contribution < -0.4 is 10.6 Å². The quantitative estimate of drug-likeness (QED) is 0.707. The van der Waals surface area contributed by atoms with E-state index in [1.54, 1.807) is 0 Å². The Bertz CT molecular complexity index is 820. The van der Waals surface area contributed by atoms with Crippen molar-refractivity contribution in [2.24, 2.45) is 0 Å². The van der Waals surface area contributed by atoms with Crippen LogP contribution in [0.25, 0.3) is 0 Å². The normalized spacial score (nSPS) is 12.5. The number of carbonyl (C=O) groups is 1. The third-order valence-electron chi connectivity index (χ3n) is 3.99. The molecule has 0 saturated carbocycles. The molecule has 0 heterocycles. The Balaban J connectivity index is 2.28. The molecule has 3 aromatic carbocycles. The van der Waals surface area contributed by atoms with Crippen LogP contribution in [0, 0.1) is 0 Å². The van der Waals surface area contributed by atoms with Gasteiger partial charge in [0, 0.05) is 6.04 Å². The summed E-state index contributed by atoms with van der Waals surface area (Å²) in [6, 6.07) is 26.1. The Kier molecular flexibility index (Phi) is 4.94. The maximum Gasteiger partial charge on any atom is 0.316 e. The van der Waals surface area contributed by atoms with Crippen molar-refractivity contribution in [2.45, 2.75) is 5.66 Å². The number of hydrogen-bond acceptors (Lipinski definition) is 2. The van der Waals surface area contributed by atoms with E-state index < -0.39 is 17.7 Å². The van der Waals surface area contributed by atoms with Gasteiger partial charge in [0.25, 0.3) is 0 Å². The highest BCUT2D eigenvalue weighted by Gasteiger charge is 2.38. The lowest BCUT2D eigenvalue weighted by Crippen LogP contribution is -2.25. The van der Waals surface area contributed by atoms with E-state index in [1.165, 1.54) is 0 Å². The van der Waals surface area contributed by atoms with Crippen LogP contribution in [0.4, 0.5) is 0 Å². The number of hydrogen-bond donors (Lipinski definition) is 1. The second-order valence-electron chi connectivity index (χ2n) is 5.48. The van der Waals surface area contributed by atoms with Crippen molar-refractivity contribution in [3.05, 3.63) is 96.6 Å². The molecule has 0 aliphatic carbocycles. The minimum absolute atomic E-state index is 0.751. The monoisotopic (exact) mass is 352 g/mol. The first-order valence-corrected chi connectivity index (χ1v) is 10.5. The van der Waals surface area contributed by atoms with Gasteiger partial charge in [-0.25, -0.2) is 0 Å². The minimum atomic E-state index is -2.58. The topological polar surface area (TPSA) is 37.3 Å². The van der Waals surface area contributed by atoms with Crippen LogP contribution in [0.5, 0.6) is 0 Å². The SMILES string of the molecule is O=C(O)C(c1ccccc1)P(=S)(c1ccccc1)c1ccccc1. The van der Waals surface area contributed by atoms with Crippen LogP contribution in [0.15, 0.2) is 91.0 Å². The third-order valence-corrected chi connectivity index (χ3v) is 9.27. The number of carboxylic acid groups (broad SMARTS) is 1. The fraction of sp³-hybridized carbons (Fsp3) is 0.0500. The molecule has 0 aliphatic heterocycles. The lowest BCUT2D eigenvalue weighted by atomic mass is 10.1. The summed E-state index contributed by atoms with van der Waals surface area (Å²) in [5.74, 6) is -0.878. The first-order valence-electron chi connectivity index (χ1n) is 7.63. The van der Waals surface area contributed by atoms with E-state index in [0.717, 1.165) is 16.2 Å². The van der Waals surface area contributed by atoms with Crippen LogP contribution in [-0.4, -0.2) is 11.1 Å². The number of carboxylic acids is 1. The minimum Gasteiger partial charge on any atom is -0.480 e. The molecule has 0 aliphatic rings. The van der Waals surface area contributed by atoms with Crippen LogP contribution in [-0.2, 0) is 16.6 Å². The molecule has 0 saturated heterocycles. The molecule has 0 bridgehead atoms. The van der Waals surface area contributed by atoms with E-state index in [2.05, 4.69) is 0 Å². The van der Waals surface area contributed by atoms with Crippen molar-refractivity contribution in [2.75, 3.05) is 0 Å². The molecule has 0 fully saturated rings. The van der Waals surface area contributed by atoms with Crippen LogP contribution >= 0.6 is 6.04 Å². The fourth-order valence-corrected chi connectivity index (χ4v) is 7.28. The molecule has 3 rings (SSSR count). The number of rotatable bonds is 5. The Labute approximate surface area is 146 Å². The molecule has 0 aromatic heterocycles. The molecule has 1 atom stereocenters. The van der Waals surface area contributed by atoms with Crippen molar-refractivity contribution in [1.29, 1.82) is 0 Å². The van der Waals surface area contributed by atoms with Gasteiger partial charge in [0.15, 0.2) is 0 Å². The van der Waals surface area contributed by atoms with Crippen LogP contribution in [0.3, 0.4) is 0 Å². The number of aliphatic carboxylic acids is 1. The molecule has 24 heavy (non-hydrogen) atoms. The molecule has 4 heteroatoms. The van der Waals surface area contributed by atoms with Gasteiger partial charge >= 0.3 is 5.97 Å². The number of benzene rings is 3. The molecular weight excluding hydrogens is 335 g/mol. The zero-order chi connectivity index (χ0) is 17.0. The predicted molar refractivity (Wildman–Crippen MR) is 103 cm³/mol. The highest BCUT2D eigenvalue weighted by molar-refractivity contribution is 8.22. The van der Waals surface area contributed by atoms with Gasteiger partial charge in [0.05, 0.1) is 0 Å². The Morgan fingerprint density at radius 3 is 1.50 bits per heavy atom. The first-order chi connectivity index (χ1) is 11.6. The van der Waals surface area contributed by atoms with Gasteiger partial charge in [0.1, 0.15) is 5.66 Å². The third kappa shape index (κ3) is 3.06. The summed E-state index contributed by atoms with van der Waals surface area (Å²) in [4.78, 5) is 12.3. The predicted octanol–water partition coefficient (Wildman–Crippen LogP) is 3.94. The first kappa shape index (κ1) is 16.6. The Hall–Kier alpha value is -2.22. The Morgan fingerprint density at radius 1 is 0.750 bits per heavy atom. The largest absolute Gasteiger partial charge is 0.480 e. The van der Waals surface area contributed by atoms with Crippen molar-refractivity contribution in [3.8, 4) is 0 Å². The van der Waals surface area contributed by atoms with Gasteiger partial charge in [-0.05, 0) is 16.2 Å². The van der Waals surface area contributed by atoms with Crippen molar-refractivity contribution < 1.29 is 9.90 Å². The van der Waals surface area contributed by atoms with Crippen molar-refractivity contribution in [3.63, 3.8) is 0 Å². The summed E-state index contributed by atoms with van der Waals surface area (Å²) in [5.41, 5.74) is -0.000426. The van der Waals surface area contributed by atoms with Gasteiger partial charge in [-0.15, -0.1) is 0 Å². The average molecular weight is 352 g/mol. The van der Waals surface area contributed by atoms with E-state index in [9.17, 15) is 9.90 Å².